The lowest BCUT2D eigenvalue weighted by molar-refractivity contribution is -0.137. The summed E-state index contributed by atoms with van der Waals surface area (Å²) in [6, 6.07) is 5.68. The van der Waals surface area contributed by atoms with Gasteiger partial charge in [0.15, 0.2) is 6.10 Å². The normalized spacial score (nSPS) is 21.2. The number of nitrogens with one attached hydrogen (secondary N) is 1. The lowest BCUT2D eigenvalue weighted by Crippen LogP contribution is -2.53. The fourth-order valence-corrected chi connectivity index (χ4v) is 3.04. The Morgan fingerprint density at radius 1 is 1.42 bits per heavy atom. The number of aliphatic hydroxyl groups is 1. The van der Waals surface area contributed by atoms with E-state index in [2.05, 4.69) is 21.4 Å². The summed E-state index contributed by atoms with van der Waals surface area (Å²) in [4.78, 5) is 23.0. The molecule has 0 radical (unpaired) electrons. The second-order valence-corrected chi connectivity index (χ2v) is 6.43. The van der Waals surface area contributed by atoms with Crippen LogP contribution in [0.1, 0.15) is 19.4 Å². The number of nitriles is 1. The van der Waals surface area contributed by atoms with Crippen molar-refractivity contribution in [3.05, 3.63) is 30.1 Å². The van der Waals surface area contributed by atoms with Crippen molar-refractivity contribution < 1.29 is 14.6 Å². The van der Waals surface area contributed by atoms with Crippen molar-refractivity contribution in [1.82, 2.24) is 15.3 Å². The molecule has 2 heterocycles. The van der Waals surface area contributed by atoms with Crippen LogP contribution in [0.2, 0.25) is 0 Å². The van der Waals surface area contributed by atoms with Crippen LogP contribution in [-0.2, 0) is 9.53 Å². The Morgan fingerprint density at radius 3 is 2.85 bits per heavy atom. The number of aromatic nitrogens is 2. The molecular weight excluding hydrogens is 334 g/mol. The van der Waals surface area contributed by atoms with Crippen molar-refractivity contribution in [2.45, 2.75) is 32.2 Å². The summed E-state index contributed by atoms with van der Waals surface area (Å²) in [5.41, 5.74) is 2.45. The Kier molecular flexibility index (Phi) is 5.30. The average Bonchev–Trinajstić information content (AvgIpc) is 2.64. The van der Waals surface area contributed by atoms with Crippen LogP contribution in [0, 0.1) is 11.3 Å². The van der Waals surface area contributed by atoms with E-state index in [0.717, 1.165) is 5.69 Å². The lowest BCUT2D eigenvalue weighted by atomic mass is 10.1. The van der Waals surface area contributed by atoms with E-state index in [1.54, 1.807) is 25.4 Å². The minimum absolute atomic E-state index is 0.159. The van der Waals surface area contributed by atoms with Gasteiger partial charge in [0.05, 0.1) is 30.0 Å². The third-order valence-electron chi connectivity index (χ3n) is 4.19. The van der Waals surface area contributed by atoms with Crippen LogP contribution in [0.5, 0.6) is 0 Å². The van der Waals surface area contributed by atoms with E-state index in [0.29, 0.717) is 29.7 Å². The molecule has 136 valence electrons. The maximum absolute atomic E-state index is 12.3. The molecule has 1 aliphatic heterocycles. The van der Waals surface area contributed by atoms with Gasteiger partial charge in [-0.2, -0.15) is 5.26 Å². The average molecular weight is 355 g/mol. The zero-order valence-electron chi connectivity index (χ0n) is 14.7. The number of ether oxygens (including phenoxy) is 1. The zero-order chi connectivity index (χ0) is 18.7. The first-order valence-corrected chi connectivity index (χ1v) is 8.49. The smallest absolute Gasteiger partial charge is 0.251 e. The molecule has 0 bridgehead atoms. The number of morpholine rings is 1. The first-order chi connectivity index (χ1) is 12.5. The summed E-state index contributed by atoms with van der Waals surface area (Å²) >= 11 is 0. The minimum atomic E-state index is -0.653. The molecule has 0 spiro atoms. The molecule has 1 fully saturated rings. The van der Waals surface area contributed by atoms with Gasteiger partial charge in [-0.25, -0.2) is 0 Å². The van der Waals surface area contributed by atoms with Crippen LogP contribution in [0.25, 0.3) is 11.0 Å². The molecule has 0 saturated carbocycles. The molecule has 0 aliphatic carbocycles. The fourth-order valence-electron chi connectivity index (χ4n) is 3.04. The number of hydrogen-bond donors (Lipinski definition) is 2. The molecule has 3 rings (SSSR count). The number of amides is 1. The summed E-state index contributed by atoms with van der Waals surface area (Å²) in [6.45, 7) is 4.64. The monoisotopic (exact) mass is 355 g/mol. The molecule has 8 heteroatoms. The van der Waals surface area contributed by atoms with Gasteiger partial charge < -0.3 is 20.1 Å². The Hall–Kier alpha value is -2.76. The number of anilines is 1. The number of fused-ring (bicyclic) bond motifs is 1. The zero-order valence-corrected chi connectivity index (χ0v) is 14.7. The van der Waals surface area contributed by atoms with Gasteiger partial charge in [-0.1, -0.05) is 0 Å². The van der Waals surface area contributed by atoms with Crippen LogP contribution in [0.4, 0.5) is 5.69 Å². The van der Waals surface area contributed by atoms with Gasteiger partial charge in [-0.3, -0.25) is 14.8 Å². The van der Waals surface area contributed by atoms with E-state index in [1.807, 2.05) is 17.9 Å². The van der Waals surface area contributed by atoms with Gasteiger partial charge in [0.1, 0.15) is 17.1 Å². The number of benzene rings is 1. The molecule has 26 heavy (non-hydrogen) atoms. The summed E-state index contributed by atoms with van der Waals surface area (Å²) in [7, 11) is 0. The summed E-state index contributed by atoms with van der Waals surface area (Å²) in [6.07, 6.45) is 1.72. The highest BCUT2D eigenvalue weighted by Gasteiger charge is 2.31. The van der Waals surface area contributed by atoms with E-state index >= 15 is 0 Å². The van der Waals surface area contributed by atoms with Crippen LogP contribution in [0.3, 0.4) is 0 Å². The molecule has 2 aromatic rings. The molecule has 1 amide bonds. The minimum Gasteiger partial charge on any atom is -0.392 e. The summed E-state index contributed by atoms with van der Waals surface area (Å²) < 4.78 is 5.77. The Labute approximate surface area is 151 Å². The maximum atomic E-state index is 12.3. The van der Waals surface area contributed by atoms with Crippen LogP contribution < -0.4 is 10.2 Å². The van der Waals surface area contributed by atoms with Gasteiger partial charge in [-0.05, 0) is 26.0 Å². The molecule has 8 nitrogen and oxygen atoms in total. The van der Waals surface area contributed by atoms with Crippen LogP contribution >= 0.6 is 0 Å². The van der Waals surface area contributed by atoms with Gasteiger partial charge >= 0.3 is 0 Å². The first kappa shape index (κ1) is 18.0. The standard InChI is InChI=1S/C18H21N5O3/c1-11(24)8-22-18(25)15-10-23(9-12(2)26-15)14-4-3-13(7-19)16-17(14)21-6-5-20-16/h3-6,11-12,15,24H,8-10H2,1-2H3,(H,22,25)/t11-,12-,15-/m1/s1. The summed E-state index contributed by atoms with van der Waals surface area (Å²) in [5, 5.41) is 21.3. The number of carbonyl (C=O) groups excluding carboxylic acids is 1. The van der Waals surface area contributed by atoms with Crippen molar-refractivity contribution in [2.75, 3.05) is 24.5 Å². The predicted octanol–water partition coefficient (Wildman–Crippen LogP) is 0.592. The molecular formula is C18H21N5O3. The Balaban J connectivity index is 1.88. The van der Waals surface area contributed by atoms with E-state index in [9.17, 15) is 15.2 Å². The Bertz CT molecular complexity index is 848. The van der Waals surface area contributed by atoms with Gasteiger partial charge in [0, 0.05) is 25.5 Å². The number of nitrogens with zero attached hydrogens (tertiary/aromatic N) is 4. The Morgan fingerprint density at radius 2 is 2.15 bits per heavy atom. The van der Waals surface area contributed by atoms with Crippen molar-refractivity contribution in [1.29, 1.82) is 5.26 Å². The molecule has 0 unspecified atom stereocenters. The second-order valence-electron chi connectivity index (χ2n) is 6.43. The quantitative estimate of drug-likeness (QED) is 0.826. The third kappa shape index (κ3) is 3.74. The maximum Gasteiger partial charge on any atom is 0.251 e. The fraction of sp³-hybridized carbons (Fsp3) is 0.444. The van der Waals surface area contributed by atoms with Gasteiger partial charge in [0.25, 0.3) is 5.91 Å². The highest BCUT2D eigenvalue weighted by molar-refractivity contribution is 5.92. The van der Waals surface area contributed by atoms with Crippen molar-refractivity contribution in [3.8, 4) is 6.07 Å². The van der Waals surface area contributed by atoms with Gasteiger partial charge in [-0.15, -0.1) is 0 Å². The molecule has 1 saturated heterocycles. The first-order valence-electron chi connectivity index (χ1n) is 8.49. The van der Waals surface area contributed by atoms with E-state index < -0.39 is 12.2 Å². The largest absolute Gasteiger partial charge is 0.392 e. The van der Waals surface area contributed by atoms with Crippen molar-refractivity contribution >= 4 is 22.6 Å². The number of hydrogen-bond acceptors (Lipinski definition) is 7. The highest BCUT2D eigenvalue weighted by atomic mass is 16.5. The lowest BCUT2D eigenvalue weighted by Gasteiger charge is -2.37. The van der Waals surface area contributed by atoms with Crippen molar-refractivity contribution in [3.63, 3.8) is 0 Å². The molecule has 1 aliphatic rings. The van der Waals surface area contributed by atoms with Crippen molar-refractivity contribution in [2.24, 2.45) is 0 Å². The number of aliphatic hydroxyl groups excluding tert-OH is 1. The molecule has 1 aromatic heterocycles. The highest BCUT2D eigenvalue weighted by Crippen LogP contribution is 2.28. The predicted molar refractivity (Wildman–Crippen MR) is 95.5 cm³/mol. The summed E-state index contributed by atoms with van der Waals surface area (Å²) in [5.74, 6) is -0.258. The topological polar surface area (TPSA) is 111 Å². The second kappa shape index (κ2) is 7.64. The number of rotatable bonds is 4. The van der Waals surface area contributed by atoms with E-state index in [4.69, 9.17) is 4.74 Å². The molecule has 2 N–H and O–H groups in total. The van der Waals surface area contributed by atoms with Crippen LogP contribution in [0.15, 0.2) is 24.5 Å². The SMILES string of the molecule is C[C@@H]1CN(c2ccc(C#N)c3nccnc23)C[C@H](C(=O)NC[C@@H](C)O)O1. The number of carbonyl (C=O) groups is 1. The van der Waals surface area contributed by atoms with Crippen LogP contribution in [-0.4, -0.2) is 58.9 Å². The van der Waals surface area contributed by atoms with E-state index in [1.165, 1.54) is 0 Å². The third-order valence-corrected chi connectivity index (χ3v) is 4.19. The molecule has 3 atom stereocenters. The van der Waals surface area contributed by atoms with E-state index in [-0.39, 0.29) is 18.6 Å². The van der Waals surface area contributed by atoms with Gasteiger partial charge in [0.2, 0.25) is 0 Å². The molecule has 1 aromatic carbocycles.